The van der Waals surface area contributed by atoms with Gasteiger partial charge in [-0.1, -0.05) is 29.4 Å². The van der Waals surface area contributed by atoms with E-state index in [1.54, 1.807) is 35.6 Å². The molecule has 0 bridgehead atoms. The van der Waals surface area contributed by atoms with Crippen LogP contribution >= 0.6 is 34.7 Å². The Kier molecular flexibility index (Phi) is 3.87. The standard InChI is InChI=1S/C13H9ClN2OS2/c14-10-3-1-5-15-13(10)19-8-9-7-17-12(16-9)11-4-2-6-18-11/h1-7H,8H2. The zero-order valence-electron chi connectivity index (χ0n) is 9.75. The second kappa shape index (κ2) is 5.77. The van der Waals surface area contributed by atoms with Crippen LogP contribution in [-0.4, -0.2) is 9.97 Å². The lowest BCUT2D eigenvalue weighted by Gasteiger charge is -1.99. The van der Waals surface area contributed by atoms with Crippen LogP contribution in [0.4, 0.5) is 0 Å². The molecule has 6 heteroatoms. The molecule has 3 nitrogen and oxygen atoms in total. The number of halogens is 1. The Hall–Kier alpha value is -1.30. The number of nitrogens with zero attached hydrogens (tertiary/aromatic N) is 2. The van der Waals surface area contributed by atoms with Gasteiger partial charge in [0.1, 0.15) is 11.3 Å². The molecule has 3 rings (SSSR count). The van der Waals surface area contributed by atoms with E-state index in [9.17, 15) is 0 Å². The second-order valence-electron chi connectivity index (χ2n) is 3.70. The summed E-state index contributed by atoms with van der Waals surface area (Å²) in [7, 11) is 0. The molecular weight excluding hydrogens is 300 g/mol. The average molecular weight is 309 g/mol. The molecule has 19 heavy (non-hydrogen) atoms. The first-order chi connectivity index (χ1) is 9.33. The Morgan fingerprint density at radius 3 is 3.05 bits per heavy atom. The number of aromatic nitrogens is 2. The average Bonchev–Trinajstić information content (AvgIpc) is 3.09. The van der Waals surface area contributed by atoms with Crippen molar-refractivity contribution in [1.29, 1.82) is 0 Å². The third-order valence-electron chi connectivity index (χ3n) is 2.37. The van der Waals surface area contributed by atoms with Crippen molar-refractivity contribution in [3.8, 4) is 10.8 Å². The highest BCUT2D eigenvalue weighted by molar-refractivity contribution is 7.98. The molecule has 0 aliphatic heterocycles. The summed E-state index contributed by atoms with van der Waals surface area (Å²) in [6.45, 7) is 0. The smallest absolute Gasteiger partial charge is 0.236 e. The van der Waals surface area contributed by atoms with Crippen LogP contribution in [0.25, 0.3) is 10.8 Å². The van der Waals surface area contributed by atoms with Gasteiger partial charge in [-0.2, -0.15) is 0 Å². The van der Waals surface area contributed by atoms with Gasteiger partial charge in [0, 0.05) is 11.9 Å². The maximum Gasteiger partial charge on any atom is 0.236 e. The van der Waals surface area contributed by atoms with E-state index in [4.69, 9.17) is 16.0 Å². The molecule has 0 amide bonds. The van der Waals surface area contributed by atoms with Gasteiger partial charge in [0.2, 0.25) is 5.89 Å². The van der Waals surface area contributed by atoms with Crippen molar-refractivity contribution in [2.24, 2.45) is 0 Å². The number of hydrogen-bond donors (Lipinski definition) is 0. The van der Waals surface area contributed by atoms with E-state index in [-0.39, 0.29) is 0 Å². The van der Waals surface area contributed by atoms with E-state index in [2.05, 4.69) is 9.97 Å². The summed E-state index contributed by atoms with van der Waals surface area (Å²) < 4.78 is 5.46. The summed E-state index contributed by atoms with van der Waals surface area (Å²) in [6, 6.07) is 7.61. The highest BCUT2D eigenvalue weighted by atomic mass is 35.5. The van der Waals surface area contributed by atoms with Gasteiger partial charge in [-0.3, -0.25) is 0 Å². The van der Waals surface area contributed by atoms with Gasteiger partial charge in [-0.25, -0.2) is 9.97 Å². The number of thioether (sulfide) groups is 1. The first-order valence-electron chi connectivity index (χ1n) is 5.54. The molecule has 0 spiro atoms. The molecular formula is C13H9ClN2OS2. The van der Waals surface area contributed by atoms with Crippen LogP contribution < -0.4 is 0 Å². The molecule has 0 N–H and O–H groups in total. The number of thiophene rings is 1. The predicted molar refractivity (Wildman–Crippen MR) is 78.6 cm³/mol. The van der Waals surface area contributed by atoms with Gasteiger partial charge < -0.3 is 4.42 Å². The lowest BCUT2D eigenvalue weighted by molar-refractivity contribution is 0.575. The zero-order chi connectivity index (χ0) is 13.1. The van der Waals surface area contributed by atoms with Crippen LogP contribution in [0.2, 0.25) is 5.02 Å². The highest BCUT2D eigenvalue weighted by Gasteiger charge is 2.09. The van der Waals surface area contributed by atoms with Gasteiger partial charge in [0.15, 0.2) is 0 Å². The maximum atomic E-state index is 6.05. The zero-order valence-corrected chi connectivity index (χ0v) is 12.1. The van der Waals surface area contributed by atoms with Crippen LogP contribution in [0.3, 0.4) is 0 Å². The molecule has 0 aromatic carbocycles. The molecule has 0 saturated heterocycles. The molecule has 0 aliphatic rings. The largest absolute Gasteiger partial charge is 0.444 e. The first-order valence-corrected chi connectivity index (χ1v) is 7.79. The van der Waals surface area contributed by atoms with Crippen LogP contribution in [0.1, 0.15) is 5.69 Å². The van der Waals surface area contributed by atoms with Gasteiger partial charge in [0.25, 0.3) is 0 Å². The van der Waals surface area contributed by atoms with Crippen molar-refractivity contribution in [2.45, 2.75) is 10.8 Å². The van der Waals surface area contributed by atoms with Crippen LogP contribution in [0, 0.1) is 0 Å². The van der Waals surface area contributed by atoms with E-state index < -0.39 is 0 Å². The first kappa shape index (κ1) is 12.7. The summed E-state index contributed by atoms with van der Waals surface area (Å²) in [4.78, 5) is 9.71. The second-order valence-corrected chi connectivity index (χ2v) is 6.02. The number of hydrogen-bond acceptors (Lipinski definition) is 5. The quantitative estimate of drug-likeness (QED) is 0.652. The molecule has 0 fully saturated rings. The Balaban J connectivity index is 1.70. The van der Waals surface area contributed by atoms with Crippen molar-refractivity contribution in [3.05, 3.63) is 52.8 Å². The monoisotopic (exact) mass is 308 g/mol. The minimum Gasteiger partial charge on any atom is -0.444 e. The maximum absolute atomic E-state index is 6.05. The SMILES string of the molecule is Clc1cccnc1SCc1coc(-c2cccs2)n1. The molecule has 3 aromatic rings. The van der Waals surface area contributed by atoms with E-state index in [1.807, 2.05) is 29.6 Å². The van der Waals surface area contributed by atoms with E-state index in [0.29, 0.717) is 16.7 Å². The lowest BCUT2D eigenvalue weighted by Crippen LogP contribution is -1.84. The summed E-state index contributed by atoms with van der Waals surface area (Å²) in [6.07, 6.45) is 3.41. The Morgan fingerprint density at radius 2 is 2.26 bits per heavy atom. The van der Waals surface area contributed by atoms with Crippen LogP contribution in [-0.2, 0) is 5.75 Å². The third kappa shape index (κ3) is 3.00. The minimum atomic E-state index is 0.662. The Bertz CT molecular complexity index is 667. The Labute approximate surface area is 123 Å². The van der Waals surface area contributed by atoms with Crippen LogP contribution in [0.5, 0.6) is 0 Å². The number of oxazole rings is 1. The van der Waals surface area contributed by atoms with Crippen molar-refractivity contribution >= 4 is 34.7 Å². The highest BCUT2D eigenvalue weighted by Crippen LogP contribution is 2.29. The van der Waals surface area contributed by atoms with Gasteiger partial charge in [-0.05, 0) is 23.6 Å². The third-order valence-corrected chi connectivity index (χ3v) is 4.68. The van der Waals surface area contributed by atoms with Gasteiger partial charge in [-0.15, -0.1) is 11.3 Å². The fourth-order valence-electron chi connectivity index (χ4n) is 1.51. The van der Waals surface area contributed by atoms with Gasteiger partial charge >= 0.3 is 0 Å². The number of pyridine rings is 1. The Morgan fingerprint density at radius 1 is 1.32 bits per heavy atom. The normalized spacial score (nSPS) is 10.8. The van der Waals surface area contributed by atoms with E-state index in [0.717, 1.165) is 15.6 Å². The summed E-state index contributed by atoms with van der Waals surface area (Å²) >= 11 is 9.21. The summed E-state index contributed by atoms with van der Waals surface area (Å²) in [5, 5.41) is 3.47. The van der Waals surface area contributed by atoms with Crippen molar-refractivity contribution in [2.75, 3.05) is 0 Å². The van der Waals surface area contributed by atoms with Crippen molar-refractivity contribution in [3.63, 3.8) is 0 Å². The fourth-order valence-corrected chi connectivity index (χ4v) is 3.21. The minimum absolute atomic E-state index is 0.662. The summed E-state index contributed by atoms with van der Waals surface area (Å²) in [5.74, 6) is 1.35. The lowest BCUT2D eigenvalue weighted by atomic mass is 10.5. The molecule has 96 valence electrons. The summed E-state index contributed by atoms with van der Waals surface area (Å²) in [5.41, 5.74) is 0.884. The molecule has 0 atom stereocenters. The number of rotatable bonds is 4. The molecule has 3 heterocycles. The molecule has 0 unspecified atom stereocenters. The van der Waals surface area contributed by atoms with Gasteiger partial charge in [0.05, 0.1) is 15.6 Å². The molecule has 3 aromatic heterocycles. The molecule has 0 saturated carbocycles. The van der Waals surface area contributed by atoms with E-state index in [1.165, 1.54) is 0 Å². The predicted octanol–water partition coefficient (Wildman–Crippen LogP) is 4.74. The van der Waals surface area contributed by atoms with Crippen LogP contribution in [0.15, 0.2) is 51.5 Å². The molecule has 0 aliphatic carbocycles. The van der Waals surface area contributed by atoms with Crippen molar-refractivity contribution in [1.82, 2.24) is 9.97 Å². The fraction of sp³-hybridized carbons (Fsp3) is 0.0769. The van der Waals surface area contributed by atoms with Crippen molar-refractivity contribution < 1.29 is 4.42 Å². The topological polar surface area (TPSA) is 38.9 Å². The molecule has 0 radical (unpaired) electrons. The van der Waals surface area contributed by atoms with E-state index >= 15 is 0 Å².